The summed E-state index contributed by atoms with van der Waals surface area (Å²) < 4.78 is 31.4. The van der Waals surface area contributed by atoms with Crippen LogP contribution >= 0.6 is 15.9 Å². The van der Waals surface area contributed by atoms with Gasteiger partial charge < -0.3 is 4.74 Å². The van der Waals surface area contributed by atoms with Crippen LogP contribution < -0.4 is 4.74 Å². The second-order valence-corrected chi connectivity index (χ2v) is 4.32. The number of alkyl halides is 1. The molecule has 0 N–H and O–H groups in total. The molecule has 5 heteroatoms. The standard InChI is InChI=1S/C14H9BrF2O2/c15-8-13(18)9-1-4-11(5-2-9)19-14-6-3-10(16)7-12(14)17/h1-7H,8H2. The second-order valence-electron chi connectivity index (χ2n) is 3.76. The Bertz CT molecular complexity index is 597. The van der Waals surface area contributed by atoms with Crippen molar-refractivity contribution >= 4 is 21.7 Å². The highest BCUT2D eigenvalue weighted by Gasteiger charge is 2.07. The van der Waals surface area contributed by atoms with Crippen LogP contribution in [-0.4, -0.2) is 11.1 Å². The van der Waals surface area contributed by atoms with E-state index in [4.69, 9.17) is 4.74 Å². The largest absolute Gasteiger partial charge is 0.454 e. The number of benzene rings is 2. The van der Waals surface area contributed by atoms with Crippen molar-refractivity contribution in [2.75, 3.05) is 5.33 Å². The fourth-order valence-corrected chi connectivity index (χ4v) is 1.79. The molecule has 98 valence electrons. The maximum absolute atomic E-state index is 13.4. The van der Waals surface area contributed by atoms with Crippen LogP contribution in [0, 0.1) is 11.6 Å². The van der Waals surface area contributed by atoms with Gasteiger partial charge in [-0.05, 0) is 36.4 Å². The lowest BCUT2D eigenvalue weighted by molar-refractivity contribution is 0.102. The maximum Gasteiger partial charge on any atom is 0.173 e. The molecule has 0 unspecified atom stereocenters. The molecule has 0 aromatic heterocycles. The highest BCUT2D eigenvalue weighted by atomic mass is 79.9. The van der Waals surface area contributed by atoms with Gasteiger partial charge in [0.05, 0.1) is 5.33 Å². The number of ether oxygens (including phenoxy) is 1. The van der Waals surface area contributed by atoms with Gasteiger partial charge in [-0.3, -0.25) is 4.79 Å². The smallest absolute Gasteiger partial charge is 0.173 e. The Morgan fingerprint density at radius 3 is 2.37 bits per heavy atom. The van der Waals surface area contributed by atoms with E-state index in [1.807, 2.05) is 0 Å². The number of rotatable bonds is 4. The van der Waals surface area contributed by atoms with Crippen LogP contribution in [0.1, 0.15) is 10.4 Å². The third-order valence-corrected chi connectivity index (χ3v) is 2.93. The molecule has 0 saturated carbocycles. The topological polar surface area (TPSA) is 26.3 Å². The quantitative estimate of drug-likeness (QED) is 0.617. The first kappa shape index (κ1) is 13.7. The summed E-state index contributed by atoms with van der Waals surface area (Å²) in [6.07, 6.45) is 0. The SMILES string of the molecule is O=C(CBr)c1ccc(Oc2ccc(F)cc2F)cc1. The molecule has 0 atom stereocenters. The van der Waals surface area contributed by atoms with Gasteiger partial charge in [-0.2, -0.15) is 0 Å². The molecular weight excluding hydrogens is 318 g/mol. The van der Waals surface area contributed by atoms with E-state index in [2.05, 4.69) is 15.9 Å². The molecule has 0 aliphatic carbocycles. The van der Waals surface area contributed by atoms with Crippen molar-refractivity contribution in [3.63, 3.8) is 0 Å². The highest BCUT2D eigenvalue weighted by Crippen LogP contribution is 2.25. The highest BCUT2D eigenvalue weighted by molar-refractivity contribution is 9.09. The van der Waals surface area contributed by atoms with Gasteiger partial charge in [-0.1, -0.05) is 15.9 Å². The van der Waals surface area contributed by atoms with Crippen LogP contribution in [0.4, 0.5) is 8.78 Å². The van der Waals surface area contributed by atoms with Gasteiger partial charge in [0.2, 0.25) is 0 Å². The first-order chi connectivity index (χ1) is 9.10. The van der Waals surface area contributed by atoms with Crippen molar-refractivity contribution in [2.45, 2.75) is 0 Å². The minimum Gasteiger partial charge on any atom is -0.454 e. The number of halogens is 3. The zero-order valence-electron chi connectivity index (χ0n) is 9.70. The molecule has 0 spiro atoms. The van der Waals surface area contributed by atoms with Crippen LogP contribution in [0.3, 0.4) is 0 Å². The predicted molar refractivity (Wildman–Crippen MR) is 71.0 cm³/mol. The van der Waals surface area contributed by atoms with E-state index in [1.165, 1.54) is 6.07 Å². The number of Topliss-reactive ketones (excluding diaryl/α,β-unsaturated/α-hetero) is 1. The summed E-state index contributed by atoms with van der Waals surface area (Å²) in [7, 11) is 0. The van der Waals surface area contributed by atoms with E-state index in [1.54, 1.807) is 24.3 Å². The molecule has 0 bridgehead atoms. The minimum absolute atomic E-state index is 0.0560. The molecule has 2 nitrogen and oxygen atoms in total. The van der Waals surface area contributed by atoms with E-state index in [0.29, 0.717) is 11.3 Å². The lowest BCUT2D eigenvalue weighted by Crippen LogP contribution is -1.99. The van der Waals surface area contributed by atoms with Crippen LogP contribution in [0.15, 0.2) is 42.5 Å². The van der Waals surface area contributed by atoms with Crippen LogP contribution in [-0.2, 0) is 0 Å². The molecule has 0 aliphatic rings. The number of carbonyl (C=O) groups is 1. The molecule has 0 aliphatic heterocycles. The molecule has 2 aromatic rings. The average molecular weight is 327 g/mol. The van der Waals surface area contributed by atoms with Gasteiger partial charge in [0, 0.05) is 11.6 Å². The molecule has 0 amide bonds. The first-order valence-corrected chi connectivity index (χ1v) is 6.54. The summed E-state index contributed by atoms with van der Waals surface area (Å²) in [5.41, 5.74) is 0.531. The van der Waals surface area contributed by atoms with Gasteiger partial charge in [0.15, 0.2) is 17.3 Å². The van der Waals surface area contributed by atoms with Gasteiger partial charge in [0.25, 0.3) is 0 Å². The fraction of sp³-hybridized carbons (Fsp3) is 0.0714. The predicted octanol–water partition coefficient (Wildman–Crippen LogP) is 4.33. The van der Waals surface area contributed by atoms with Gasteiger partial charge >= 0.3 is 0 Å². The van der Waals surface area contributed by atoms with Crippen LogP contribution in [0.25, 0.3) is 0 Å². The third-order valence-electron chi connectivity index (χ3n) is 2.42. The van der Waals surface area contributed by atoms with Crippen LogP contribution in [0.2, 0.25) is 0 Å². The van der Waals surface area contributed by atoms with Crippen molar-refractivity contribution in [3.05, 3.63) is 59.7 Å². The van der Waals surface area contributed by atoms with E-state index in [9.17, 15) is 13.6 Å². The summed E-state index contributed by atoms with van der Waals surface area (Å²) >= 11 is 3.07. The molecule has 2 rings (SSSR count). The Balaban J connectivity index is 2.17. The molecule has 0 fully saturated rings. The Hall–Kier alpha value is -1.75. The molecule has 0 saturated heterocycles. The number of hydrogen-bond donors (Lipinski definition) is 0. The van der Waals surface area contributed by atoms with Crippen molar-refractivity contribution in [1.82, 2.24) is 0 Å². The van der Waals surface area contributed by atoms with Gasteiger partial charge in [-0.15, -0.1) is 0 Å². The summed E-state index contributed by atoms with van der Waals surface area (Å²) in [5, 5.41) is 0.236. The summed E-state index contributed by atoms with van der Waals surface area (Å²) in [6.45, 7) is 0. The van der Waals surface area contributed by atoms with Crippen molar-refractivity contribution in [3.8, 4) is 11.5 Å². The zero-order valence-corrected chi connectivity index (χ0v) is 11.3. The van der Waals surface area contributed by atoms with Gasteiger partial charge in [0.1, 0.15) is 11.6 Å². The normalized spacial score (nSPS) is 10.3. The molecule has 2 aromatic carbocycles. The van der Waals surface area contributed by atoms with Gasteiger partial charge in [-0.25, -0.2) is 8.78 Å². The minimum atomic E-state index is -0.777. The second kappa shape index (κ2) is 5.93. The zero-order chi connectivity index (χ0) is 13.8. The number of hydrogen-bond acceptors (Lipinski definition) is 2. The van der Waals surface area contributed by atoms with Crippen LogP contribution in [0.5, 0.6) is 11.5 Å². The summed E-state index contributed by atoms with van der Waals surface area (Å²) in [4.78, 5) is 11.4. The number of ketones is 1. The Labute approximate surface area is 117 Å². The Morgan fingerprint density at radius 2 is 1.79 bits per heavy atom. The van der Waals surface area contributed by atoms with Crippen molar-refractivity contribution < 1.29 is 18.3 Å². The molecular formula is C14H9BrF2O2. The average Bonchev–Trinajstić information content (AvgIpc) is 2.42. The third kappa shape index (κ3) is 3.38. The van der Waals surface area contributed by atoms with Crippen molar-refractivity contribution in [2.24, 2.45) is 0 Å². The monoisotopic (exact) mass is 326 g/mol. The Kier molecular flexibility index (Phi) is 4.27. The van der Waals surface area contributed by atoms with E-state index >= 15 is 0 Å². The van der Waals surface area contributed by atoms with E-state index in [-0.39, 0.29) is 16.9 Å². The summed E-state index contributed by atoms with van der Waals surface area (Å²) in [5.74, 6) is -1.19. The maximum atomic E-state index is 13.4. The molecule has 0 radical (unpaired) electrons. The lowest BCUT2D eigenvalue weighted by atomic mass is 10.1. The molecule has 0 heterocycles. The van der Waals surface area contributed by atoms with E-state index < -0.39 is 11.6 Å². The summed E-state index contributed by atoms with van der Waals surface area (Å²) in [6, 6.07) is 9.35. The number of carbonyl (C=O) groups excluding carboxylic acids is 1. The first-order valence-electron chi connectivity index (χ1n) is 5.42. The van der Waals surface area contributed by atoms with Crippen molar-refractivity contribution in [1.29, 1.82) is 0 Å². The fourth-order valence-electron chi connectivity index (χ4n) is 1.47. The molecule has 19 heavy (non-hydrogen) atoms. The Morgan fingerprint density at radius 1 is 1.11 bits per heavy atom. The van der Waals surface area contributed by atoms with E-state index in [0.717, 1.165) is 12.1 Å². The lowest BCUT2D eigenvalue weighted by Gasteiger charge is -2.07.